The molecule has 0 aliphatic heterocycles. The van der Waals surface area contributed by atoms with Crippen molar-refractivity contribution in [3.05, 3.63) is 29.3 Å². The highest BCUT2D eigenvalue weighted by molar-refractivity contribution is 7.98. The van der Waals surface area contributed by atoms with E-state index in [-0.39, 0.29) is 0 Å². The van der Waals surface area contributed by atoms with Gasteiger partial charge in [0.2, 0.25) is 0 Å². The van der Waals surface area contributed by atoms with Crippen molar-refractivity contribution in [1.29, 1.82) is 0 Å². The maximum Gasteiger partial charge on any atom is 0.0572 e. The highest BCUT2D eigenvalue weighted by Gasteiger charge is 1.99. The molecule has 0 aromatic heterocycles. The summed E-state index contributed by atoms with van der Waals surface area (Å²) in [6, 6.07) is 6.46. The molecule has 72 valence electrons. The van der Waals surface area contributed by atoms with Crippen molar-refractivity contribution in [2.45, 2.75) is 18.4 Å². The van der Waals surface area contributed by atoms with Crippen molar-refractivity contribution in [3.63, 3.8) is 0 Å². The lowest BCUT2D eigenvalue weighted by Gasteiger charge is -2.07. The van der Waals surface area contributed by atoms with E-state index in [4.69, 9.17) is 4.84 Å². The number of hydrogen-bond donors (Lipinski definition) is 1. The molecule has 1 N–H and O–H groups in total. The molecule has 0 atom stereocenters. The first kappa shape index (κ1) is 10.6. The zero-order valence-corrected chi connectivity index (χ0v) is 9.07. The third-order valence-electron chi connectivity index (χ3n) is 1.96. The molecule has 1 rings (SSSR count). The first-order valence-corrected chi connectivity index (χ1v) is 5.39. The van der Waals surface area contributed by atoms with E-state index in [1.807, 2.05) is 0 Å². The predicted molar refractivity (Wildman–Crippen MR) is 56.8 cm³/mol. The summed E-state index contributed by atoms with van der Waals surface area (Å²) in [5.41, 5.74) is 5.43. The van der Waals surface area contributed by atoms with Crippen LogP contribution in [0.15, 0.2) is 23.1 Å². The zero-order chi connectivity index (χ0) is 9.68. The molecular weight excluding hydrogens is 182 g/mol. The van der Waals surface area contributed by atoms with Crippen molar-refractivity contribution in [3.8, 4) is 0 Å². The Balaban J connectivity index is 2.78. The third kappa shape index (κ3) is 3.03. The summed E-state index contributed by atoms with van der Waals surface area (Å²) in [5.74, 6) is 0. The molecule has 3 heteroatoms. The van der Waals surface area contributed by atoms with Crippen LogP contribution in [0, 0.1) is 6.92 Å². The van der Waals surface area contributed by atoms with Crippen LogP contribution in [0.4, 0.5) is 0 Å². The maximum atomic E-state index is 4.82. The van der Waals surface area contributed by atoms with Gasteiger partial charge in [0.05, 0.1) is 7.11 Å². The highest BCUT2D eigenvalue weighted by atomic mass is 32.2. The highest BCUT2D eigenvalue weighted by Crippen LogP contribution is 2.18. The fourth-order valence-electron chi connectivity index (χ4n) is 1.12. The van der Waals surface area contributed by atoms with Gasteiger partial charge in [-0.25, -0.2) is 0 Å². The SMILES string of the molecule is CONCc1cc(SC)ccc1C. The minimum absolute atomic E-state index is 0.761. The average Bonchev–Trinajstić information content (AvgIpc) is 2.17. The standard InChI is InChI=1S/C10H15NOS/c1-8-4-5-10(13-3)6-9(8)7-11-12-2/h4-6,11H,7H2,1-3H3. The Kier molecular flexibility index (Phi) is 4.28. The van der Waals surface area contributed by atoms with Gasteiger partial charge in [0, 0.05) is 11.4 Å². The van der Waals surface area contributed by atoms with Gasteiger partial charge in [-0.2, -0.15) is 5.48 Å². The molecule has 1 aromatic rings. The summed E-state index contributed by atoms with van der Waals surface area (Å²) in [4.78, 5) is 6.11. The summed E-state index contributed by atoms with van der Waals surface area (Å²) in [7, 11) is 1.63. The molecule has 0 heterocycles. The minimum Gasteiger partial charge on any atom is -0.305 e. The third-order valence-corrected chi connectivity index (χ3v) is 2.69. The molecule has 0 saturated heterocycles. The van der Waals surface area contributed by atoms with E-state index in [9.17, 15) is 0 Å². The second-order valence-corrected chi connectivity index (χ2v) is 3.70. The normalized spacial score (nSPS) is 10.4. The number of hydrogen-bond acceptors (Lipinski definition) is 3. The van der Waals surface area contributed by atoms with E-state index < -0.39 is 0 Å². The number of nitrogens with one attached hydrogen (secondary N) is 1. The topological polar surface area (TPSA) is 21.3 Å². The van der Waals surface area contributed by atoms with Gasteiger partial charge >= 0.3 is 0 Å². The maximum absolute atomic E-state index is 4.82. The Bertz CT molecular complexity index is 276. The molecule has 0 aliphatic carbocycles. The van der Waals surface area contributed by atoms with Crippen LogP contribution in [-0.2, 0) is 11.4 Å². The average molecular weight is 197 g/mol. The minimum atomic E-state index is 0.761. The Morgan fingerprint density at radius 1 is 1.46 bits per heavy atom. The molecule has 0 amide bonds. The van der Waals surface area contributed by atoms with Crippen molar-refractivity contribution < 1.29 is 4.84 Å². The number of benzene rings is 1. The summed E-state index contributed by atoms with van der Waals surface area (Å²) >= 11 is 1.76. The van der Waals surface area contributed by atoms with Gasteiger partial charge in [-0.3, -0.25) is 0 Å². The smallest absolute Gasteiger partial charge is 0.0572 e. The van der Waals surface area contributed by atoms with Crippen LogP contribution in [0.3, 0.4) is 0 Å². The van der Waals surface area contributed by atoms with E-state index in [0.29, 0.717) is 0 Å². The molecule has 0 unspecified atom stereocenters. The number of hydroxylamine groups is 1. The molecule has 13 heavy (non-hydrogen) atoms. The predicted octanol–water partition coefficient (Wildman–Crippen LogP) is 2.37. The molecule has 0 bridgehead atoms. The molecule has 0 radical (unpaired) electrons. The van der Waals surface area contributed by atoms with E-state index >= 15 is 0 Å². The lowest BCUT2D eigenvalue weighted by Crippen LogP contribution is -2.11. The van der Waals surface area contributed by atoms with Crippen molar-refractivity contribution in [2.75, 3.05) is 13.4 Å². The van der Waals surface area contributed by atoms with Gasteiger partial charge in [-0.1, -0.05) is 6.07 Å². The number of rotatable bonds is 4. The Morgan fingerprint density at radius 3 is 2.85 bits per heavy atom. The van der Waals surface area contributed by atoms with E-state index in [2.05, 4.69) is 36.9 Å². The van der Waals surface area contributed by atoms with Crippen molar-refractivity contribution in [2.24, 2.45) is 0 Å². The molecule has 0 saturated carbocycles. The second kappa shape index (κ2) is 5.27. The van der Waals surface area contributed by atoms with Crippen LogP contribution < -0.4 is 5.48 Å². The number of aryl methyl sites for hydroxylation is 1. The van der Waals surface area contributed by atoms with Crippen LogP contribution in [0.2, 0.25) is 0 Å². The van der Waals surface area contributed by atoms with E-state index in [1.54, 1.807) is 18.9 Å². The zero-order valence-electron chi connectivity index (χ0n) is 8.26. The lowest BCUT2D eigenvalue weighted by molar-refractivity contribution is 0.0865. The van der Waals surface area contributed by atoms with Gasteiger partial charge in [-0.15, -0.1) is 11.8 Å². The molecular formula is C10H15NOS. The van der Waals surface area contributed by atoms with Gasteiger partial charge in [-0.05, 0) is 36.4 Å². The van der Waals surface area contributed by atoms with Gasteiger partial charge < -0.3 is 4.84 Å². The molecule has 2 nitrogen and oxygen atoms in total. The van der Waals surface area contributed by atoms with Crippen LogP contribution in [0.25, 0.3) is 0 Å². The van der Waals surface area contributed by atoms with Gasteiger partial charge in [0.15, 0.2) is 0 Å². The Hall–Kier alpha value is -0.510. The van der Waals surface area contributed by atoms with Crippen LogP contribution >= 0.6 is 11.8 Å². The quantitative estimate of drug-likeness (QED) is 0.591. The van der Waals surface area contributed by atoms with Gasteiger partial charge in [0.1, 0.15) is 0 Å². The molecule has 1 aromatic carbocycles. The Morgan fingerprint density at radius 2 is 2.23 bits per heavy atom. The second-order valence-electron chi connectivity index (χ2n) is 2.82. The Labute approximate surface area is 83.6 Å². The fraction of sp³-hybridized carbons (Fsp3) is 0.400. The van der Waals surface area contributed by atoms with Crippen LogP contribution in [0.1, 0.15) is 11.1 Å². The van der Waals surface area contributed by atoms with Crippen molar-refractivity contribution >= 4 is 11.8 Å². The first-order chi connectivity index (χ1) is 6.27. The van der Waals surface area contributed by atoms with E-state index in [0.717, 1.165) is 6.54 Å². The summed E-state index contributed by atoms with van der Waals surface area (Å²) in [5, 5.41) is 0. The summed E-state index contributed by atoms with van der Waals surface area (Å²) in [6.45, 7) is 2.87. The van der Waals surface area contributed by atoms with Crippen molar-refractivity contribution in [1.82, 2.24) is 5.48 Å². The lowest BCUT2D eigenvalue weighted by atomic mass is 10.1. The first-order valence-electron chi connectivity index (χ1n) is 4.17. The van der Waals surface area contributed by atoms with E-state index in [1.165, 1.54) is 16.0 Å². The molecule has 0 spiro atoms. The molecule has 0 fully saturated rings. The van der Waals surface area contributed by atoms with Gasteiger partial charge in [0.25, 0.3) is 0 Å². The van der Waals surface area contributed by atoms with Crippen LogP contribution in [0.5, 0.6) is 0 Å². The van der Waals surface area contributed by atoms with Crippen LogP contribution in [-0.4, -0.2) is 13.4 Å². The number of thioether (sulfide) groups is 1. The molecule has 0 aliphatic rings. The largest absolute Gasteiger partial charge is 0.305 e. The monoisotopic (exact) mass is 197 g/mol. The summed E-state index contributed by atoms with van der Waals surface area (Å²) < 4.78 is 0. The summed E-state index contributed by atoms with van der Waals surface area (Å²) in [6.07, 6.45) is 2.08. The fourth-order valence-corrected chi connectivity index (χ4v) is 1.58.